The Bertz CT molecular complexity index is 892. The Labute approximate surface area is 153 Å². The average molecular weight is 349 g/mol. The number of carbonyl (C=O) groups is 1. The van der Waals surface area contributed by atoms with Gasteiger partial charge in [0.25, 0.3) is 0 Å². The van der Waals surface area contributed by atoms with Crippen LogP contribution in [-0.2, 0) is 6.42 Å². The van der Waals surface area contributed by atoms with Crippen molar-refractivity contribution < 1.29 is 14.6 Å². The van der Waals surface area contributed by atoms with Crippen LogP contribution in [0.25, 0.3) is 10.8 Å². The summed E-state index contributed by atoms with van der Waals surface area (Å²) in [7, 11) is 0. The normalized spacial score (nSPS) is 13.3. The number of Topliss-reactive ketones (excluding diaryl/α,β-unsaturated/α-hetero) is 1. The molecule has 0 aliphatic rings. The van der Waals surface area contributed by atoms with E-state index in [4.69, 9.17) is 10.5 Å². The topological polar surface area (TPSA) is 72.5 Å². The molecule has 0 aliphatic carbocycles. The Morgan fingerprint density at radius 1 is 1.04 bits per heavy atom. The molecule has 0 radical (unpaired) electrons. The van der Waals surface area contributed by atoms with Crippen LogP contribution in [0.2, 0.25) is 0 Å². The fourth-order valence-electron chi connectivity index (χ4n) is 3.06. The maximum Gasteiger partial charge on any atom is 0.164 e. The van der Waals surface area contributed by atoms with E-state index in [2.05, 4.69) is 0 Å². The number of hydrogen-bond acceptors (Lipinski definition) is 4. The minimum atomic E-state index is -0.832. The van der Waals surface area contributed by atoms with Crippen LogP contribution in [-0.4, -0.2) is 29.6 Å². The summed E-state index contributed by atoms with van der Waals surface area (Å²) >= 11 is 0. The van der Waals surface area contributed by atoms with E-state index in [0.29, 0.717) is 17.7 Å². The van der Waals surface area contributed by atoms with Gasteiger partial charge in [-0.1, -0.05) is 60.7 Å². The van der Waals surface area contributed by atoms with E-state index in [0.717, 1.165) is 16.3 Å². The Morgan fingerprint density at radius 2 is 1.73 bits per heavy atom. The molecule has 0 aliphatic heterocycles. The number of nitrogens with two attached hydrogens (primary N) is 1. The van der Waals surface area contributed by atoms with Crippen LogP contribution < -0.4 is 10.5 Å². The molecular formula is C22H23NO3. The van der Waals surface area contributed by atoms with Gasteiger partial charge in [-0.2, -0.15) is 0 Å². The molecule has 0 saturated carbocycles. The van der Waals surface area contributed by atoms with Crippen LogP contribution in [0.3, 0.4) is 0 Å². The Balaban J connectivity index is 1.72. The van der Waals surface area contributed by atoms with Crippen LogP contribution in [0.1, 0.15) is 22.8 Å². The van der Waals surface area contributed by atoms with Crippen molar-refractivity contribution >= 4 is 16.6 Å². The van der Waals surface area contributed by atoms with E-state index in [-0.39, 0.29) is 12.4 Å². The van der Waals surface area contributed by atoms with Gasteiger partial charge in [-0.15, -0.1) is 0 Å². The molecule has 26 heavy (non-hydrogen) atoms. The molecule has 0 fully saturated rings. The fourth-order valence-corrected chi connectivity index (χ4v) is 3.06. The van der Waals surface area contributed by atoms with Crippen molar-refractivity contribution in [3.8, 4) is 5.75 Å². The summed E-state index contributed by atoms with van der Waals surface area (Å²) in [6, 6.07) is 20.7. The van der Waals surface area contributed by atoms with Gasteiger partial charge in [-0.05, 0) is 35.7 Å². The number of ketones is 1. The number of hydrogen-bond donors (Lipinski definition) is 2. The number of aliphatic hydroxyl groups is 1. The van der Waals surface area contributed by atoms with Gasteiger partial charge in [0.2, 0.25) is 0 Å². The lowest BCUT2D eigenvalue weighted by atomic mass is 10.0. The van der Waals surface area contributed by atoms with Crippen molar-refractivity contribution in [2.24, 2.45) is 5.73 Å². The lowest BCUT2D eigenvalue weighted by Gasteiger charge is -2.20. The van der Waals surface area contributed by atoms with Gasteiger partial charge in [0.05, 0.1) is 5.56 Å². The van der Waals surface area contributed by atoms with Gasteiger partial charge in [-0.3, -0.25) is 4.79 Å². The minimum absolute atomic E-state index is 0.0343. The fraction of sp³-hybridized carbons (Fsp3) is 0.227. The standard InChI is InChI=1S/C22H23NO3/c1-15(24)22-18-10-6-5-9-17(18)11-12-21(22)26-14-20(25)19(23)13-16-7-3-2-4-8-16/h2-12,19-20,25H,13-14,23H2,1H3/t19-,20+/m0/s1. The second-order valence-corrected chi connectivity index (χ2v) is 6.45. The zero-order valence-electron chi connectivity index (χ0n) is 14.8. The summed E-state index contributed by atoms with van der Waals surface area (Å²) in [4.78, 5) is 12.1. The Kier molecular flexibility index (Phi) is 5.66. The van der Waals surface area contributed by atoms with Crippen LogP contribution in [0.5, 0.6) is 5.75 Å². The van der Waals surface area contributed by atoms with E-state index in [1.807, 2.05) is 60.7 Å². The van der Waals surface area contributed by atoms with Crippen LogP contribution >= 0.6 is 0 Å². The molecule has 4 nitrogen and oxygen atoms in total. The van der Waals surface area contributed by atoms with Crippen molar-refractivity contribution in [3.63, 3.8) is 0 Å². The number of fused-ring (bicyclic) bond motifs is 1. The predicted molar refractivity (Wildman–Crippen MR) is 104 cm³/mol. The summed E-state index contributed by atoms with van der Waals surface area (Å²) in [5, 5.41) is 12.2. The molecule has 0 unspecified atom stereocenters. The molecule has 3 aromatic carbocycles. The Hall–Kier alpha value is -2.69. The lowest BCUT2D eigenvalue weighted by Crippen LogP contribution is -2.40. The molecule has 0 saturated heterocycles. The predicted octanol–water partition coefficient (Wildman–Crippen LogP) is 3.35. The van der Waals surface area contributed by atoms with Gasteiger partial charge in [0.15, 0.2) is 5.78 Å². The highest BCUT2D eigenvalue weighted by Gasteiger charge is 2.18. The first-order valence-corrected chi connectivity index (χ1v) is 8.69. The van der Waals surface area contributed by atoms with Crippen molar-refractivity contribution in [2.45, 2.75) is 25.5 Å². The maximum absolute atomic E-state index is 12.1. The van der Waals surface area contributed by atoms with Crippen molar-refractivity contribution in [1.29, 1.82) is 0 Å². The number of ether oxygens (including phenoxy) is 1. The zero-order valence-corrected chi connectivity index (χ0v) is 14.8. The van der Waals surface area contributed by atoms with Crippen molar-refractivity contribution in [2.75, 3.05) is 6.61 Å². The summed E-state index contributed by atoms with van der Waals surface area (Å²) in [5.74, 6) is 0.405. The highest BCUT2D eigenvalue weighted by Crippen LogP contribution is 2.28. The SMILES string of the molecule is CC(=O)c1c(OC[C@@H](O)[C@@H](N)Cc2ccccc2)ccc2ccccc12. The van der Waals surface area contributed by atoms with Crippen LogP contribution in [0, 0.1) is 0 Å². The van der Waals surface area contributed by atoms with Gasteiger partial charge >= 0.3 is 0 Å². The van der Waals surface area contributed by atoms with E-state index in [9.17, 15) is 9.90 Å². The average Bonchev–Trinajstić information content (AvgIpc) is 2.66. The van der Waals surface area contributed by atoms with E-state index in [1.54, 1.807) is 6.07 Å². The molecule has 3 rings (SSSR count). The highest BCUT2D eigenvalue weighted by molar-refractivity contribution is 6.09. The first kappa shape index (κ1) is 18.1. The van der Waals surface area contributed by atoms with Crippen molar-refractivity contribution in [3.05, 3.63) is 77.9 Å². The molecule has 0 spiro atoms. The molecule has 0 heterocycles. The zero-order chi connectivity index (χ0) is 18.5. The smallest absolute Gasteiger partial charge is 0.164 e. The lowest BCUT2D eigenvalue weighted by molar-refractivity contribution is 0.0836. The first-order valence-electron chi connectivity index (χ1n) is 8.69. The molecule has 2 atom stereocenters. The third-order valence-corrected chi connectivity index (χ3v) is 4.46. The van der Waals surface area contributed by atoms with Crippen LogP contribution in [0.15, 0.2) is 66.7 Å². The second-order valence-electron chi connectivity index (χ2n) is 6.45. The first-order chi connectivity index (χ1) is 12.6. The molecule has 134 valence electrons. The summed E-state index contributed by atoms with van der Waals surface area (Å²) < 4.78 is 5.78. The van der Waals surface area contributed by atoms with Gasteiger partial charge < -0.3 is 15.6 Å². The second kappa shape index (κ2) is 8.13. The maximum atomic E-state index is 12.1. The molecular weight excluding hydrogens is 326 g/mol. The molecule has 3 aromatic rings. The number of rotatable bonds is 7. The molecule has 4 heteroatoms. The summed E-state index contributed by atoms with van der Waals surface area (Å²) in [6.07, 6.45) is -0.274. The van der Waals surface area contributed by atoms with E-state index in [1.165, 1.54) is 6.92 Å². The molecule has 0 amide bonds. The summed E-state index contributed by atoms with van der Waals surface area (Å²) in [6.45, 7) is 1.55. The van der Waals surface area contributed by atoms with E-state index < -0.39 is 12.1 Å². The quantitative estimate of drug-likeness (QED) is 0.642. The van der Waals surface area contributed by atoms with Crippen LogP contribution in [0.4, 0.5) is 0 Å². The van der Waals surface area contributed by atoms with Crippen molar-refractivity contribution in [1.82, 2.24) is 0 Å². The molecule has 0 bridgehead atoms. The number of aliphatic hydroxyl groups excluding tert-OH is 1. The molecule has 3 N–H and O–H groups in total. The summed E-state index contributed by atoms with van der Waals surface area (Å²) in [5.41, 5.74) is 7.70. The monoisotopic (exact) mass is 349 g/mol. The third kappa shape index (κ3) is 4.10. The number of carbonyl (C=O) groups excluding carboxylic acids is 1. The minimum Gasteiger partial charge on any atom is -0.490 e. The van der Waals surface area contributed by atoms with Gasteiger partial charge in [0, 0.05) is 6.04 Å². The Morgan fingerprint density at radius 3 is 2.46 bits per heavy atom. The third-order valence-electron chi connectivity index (χ3n) is 4.46. The molecule has 0 aromatic heterocycles. The highest BCUT2D eigenvalue weighted by atomic mass is 16.5. The van der Waals surface area contributed by atoms with Gasteiger partial charge in [-0.25, -0.2) is 0 Å². The largest absolute Gasteiger partial charge is 0.490 e. The van der Waals surface area contributed by atoms with E-state index >= 15 is 0 Å². The number of benzene rings is 3. The van der Waals surface area contributed by atoms with Gasteiger partial charge in [0.1, 0.15) is 18.5 Å².